The zero-order valence-corrected chi connectivity index (χ0v) is 5.27. The number of Topliss-reactive ketones (excluding diaryl/α,β-unsaturated/α-hetero) is 1. The lowest BCUT2D eigenvalue weighted by atomic mass is 10.2. The second-order valence-electron chi connectivity index (χ2n) is 1.50. The molecule has 1 heteroatoms. The van der Waals surface area contributed by atoms with E-state index in [0.717, 1.165) is 0 Å². The monoisotopic (exact) mass is 110 g/mol. The lowest BCUT2D eigenvalue weighted by Gasteiger charge is -1.88. The van der Waals surface area contributed by atoms with Crippen LogP contribution in [0.15, 0.2) is 24.3 Å². The van der Waals surface area contributed by atoms with Gasteiger partial charge in [0.05, 0.1) is 0 Å². The minimum atomic E-state index is 0.0718. The predicted molar refractivity (Wildman–Crippen MR) is 34.6 cm³/mol. The topological polar surface area (TPSA) is 17.1 Å². The van der Waals surface area contributed by atoms with E-state index in [1.807, 2.05) is 6.92 Å². The van der Waals surface area contributed by atoms with Gasteiger partial charge in [0, 0.05) is 5.57 Å². The Morgan fingerprint density at radius 1 is 1.62 bits per heavy atom. The third-order valence-corrected chi connectivity index (χ3v) is 0.937. The fourth-order valence-electron chi connectivity index (χ4n) is 0.465. The van der Waals surface area contributed by atoms with Crippen molar-refractivity contribution in [1.82, 2.24) is 0 Å². The molecule has 0 aromatic heterocycles. The van der Waals surface area contributed by atoms with Gasteiger partial charge in [0.25, 0.3) is 0 Å². The fourth-order valence-corrected chi connectivity index (χ4v) is 0.465. The minimum absolute atomic E-state index is 0.0718. The van der Waals surface area contributed by atoms with Gasteiger partial charge in [-0.1, -0.05) is 18.7 Å². The molecule has 0 spiro atoms. The van der Waals surface area contributed by atoms with Crippen molar-refractivity contribution in [3.05, 3.63) is 24.3 Å². The van der Waals surface area contributed by atoms with Crippen molar-refractivity contribution < 1.29 is 4.79 Å². The van der Waals surface area contributed by atoms with Crippen LogP contribution in [-0.2, 0) is 4.79 Å². The van der Waals surface area contributed by atoms with Gasteiger partial charge in [0.1, 0.15) is 0 Å². The summed E-state index contributed by atoms with van der Waals surface area (Å²) >= 11 is 0. The maximum atomic E-state index is 10.5. The second-order valence-corrected chi connectivity index (χ2v) is 1.50. The average Bonchev–Trinajstić information content (AvgIpc) is 1.69. The number of carbonyl (C=O) groups excluding carboxylic acids is 1. The smallest absolute Gasteiger partial charge is 0.159 e. The van der Waals surface area contributed by atoms with Gasteiger partial charge in [-0.25, -0.2) is 0 Å². The van der Waals surface area contributed by atoms with Gasteiger partial charge >= 0.3 is 0 Å². The summed E-state index contributed by atoms with van der Waals surface area (Å²) in [6.45, 7) is 6.81. The minimum Gasteiger partial charge on any atom is -0.295 e. The first-order valence-corrected chi connectivity index (χ1v) is 2.52. The highest BCUT2D eigenvalue weighted by Crippen LogP contribution is 1.94. The molecule has 0 aliphatic rings. The molecule has 0 saturated carbocycles. The molecule has 0 atom stereocenters. The number of allylic oxidation sites excluding steroid dienone is 3. The van der Waals surface area contributed by atoms with Gasteiger partial charge < -0.3 is 0 Å². The van der Waals surface area contributed by atoms with Crippen LogP contribution in [0.4, 0.5) is 0 Å². The summed E-state index contributed by atoms with van der Waals surface area (Å²) in [5.74, 6) is 0.0718. The SMILES string of the molecule is C=C/C(=C/C)C(C)=O. The molecule has 0 radical (unpaired) electrons. The molecular weight excluding hydrogens is 100 g/mol. The molecule has 0 amide bonds. The van der Waals surface area contributed by atoms with Crippen molar-refractivity contribution in [2.75, 3.05) is 0 Å². The van der Waals surface area contributed by atoms with Crippen LogP contribution in [0.2, 0.25) is 0 Å². The van der Waals surface area contributed by atoms with Crippen molar-refractivity contribution in [3.8, 4) is 0 Å². The number of hydrogen-bond acceptors (Lipinski definition) is 1. The third kappa shape index (κ3) is 1.73. The summed E-state index contributed by atoms with van der Waals surface area (Å²) in [7, 11) is 0. The van der Waals surface area contributed by atoms with Gasteiger partial charge in [-0.2, -0.15) is 0 Å². The van der Waals surface area contributed by atoms with Gasteiger partial charge in [0.15, 0.2) is 5.78 Å². The van der Waals surface area contributed by atoms with E-state index in [2.05, 4.69) is 6.58 Å². The molecule has 0 fully saturated rings. The molecule has 0 heterocycles. The average molecular weight is 110 g/mol. The van der Waals surface area contributed by atoms with E-state index in [9.17, 15) is 4.79 Å². The first-order chi connectivity index (χ1) is 3.72. The van der Waals surface area contributed by atoms with E-state index >= 15 is 0 Å². The second kappa shape index (κ2) is 3.19. The number of ketones is 1. The summed E-state index contributed by atoms with van der Waals surface area (Å²) in [6, 6.07) is 0. The summed E-state index contributed by atoms with van der Waals surface area (Å²) < 4.78 is 0. The molecule has 0 unspecified atom stereocenters. The van der Waals surface area contributed by atoms with Gasteiger partial charge in [0.2, 0.25) is 0 Å². The molecule has 0 aliphatic heterocycles. The van der Waals surface area contributed by atoms with Gasteiger partial charge in [-0.15, -0.1) is 0 Å². The Morgan fingerprint density at radius 2 is 2.12 bits per heavy atom. The van der Waals surface area contributed by atoms with Crippen molar-refractivity contribution >= 4 is 5.78 Å². The van der Waals surface area contributed by atoms with Crippen LogP contribution in [0, 0.1) is 0 Å². The Hall–Kier alpha value is -0.850. The third-order valence-electron chi connectivity index (χ3n) is 0.937. The Labute approximate surface area is 49.7 Å². The summed E-state index contributed by atoms with van der Waals surface area (Å²) in [5, 5.41) is 0. The van der Waals surface area contributed by atoms with Crippen LogP contribution >= 0.6 is 0 Å². The van der Waals surface area contributed by atoms with Crippen molar-refractivity contribution in [1.29, 1.82) is 0 Å². The Kier molecular flexibility index (Phi) is 2.85. The molecule has 1 nitrogen and oxygen atoms in total. The Bertz CT molecular complexity index is 131. The number of carbonyl (C=O) groups is 1. The van der Waals surface area contributed by atoms with E-state index in [-0.39, 0.29) is 5.78 Å². The molecule has 0 aliphatic carbocycles. The van der Waals surface area contributed by atoms with E-state index in [1.165, 1.54) is 6.92 Å². The molecule has 44 valence electrons. The first-order valence-electron chi connectivity index (χ1n) is 2.52. The van der Waals surface area contributed by atoms with Crippen LogP contribution in [0.3, 0.4) is 0 Å². The van der Waals surface area contributed by atoms with Gasteiger partial charge in [-0.3, -0.25) is 4.79 Å². The number of hydrogen-bond donors (Lipinski definition) is 0. The Balaban J connectivity index is 4.13. The highest BCUT2D eigenvalue weighted by atomic mass is 16.1. The summed E-state index contributed by atoms with van der Waals surface area (Å²) in [4.78, 5) is 10.5. The zero-order chi connectivity index (χ0) is 6.57. The quantitative estimate of drug-likeness (QED) is 0.390. The molecule has 0 rings (SSSR count). The van der Waals surface area contributed by atoms with E-state index < -0.39 is 0 Å². The van der Waals surface area contributed by atoms with E-state index in [4.69, 9.17) is 0 Å². The summed E-state index contributed by atoms with van der Waals surface area (Å²) in [6.07, 6.45) is 3.30. The highest BCUT2D eigenvalue weighted by molar-refractivity contribution is 5.95. The van der Waals surface area contributed by atoms with Crippen LogP contribution < -0.4 is 0 Å². The molecule has 0 aromatic carbocycles. The summed E-state index contributed by atoms with van der Waals surface area (Å²) in [5.41, 5.74) is 0.685. The van der Waals surface area contributed by atoms with Crippen molar-refractivity contribution in [3.63, 3.8) is 0 Å². The maximum Gasteiger partial charge on any atom is 0.159 e. The van der Waals surface area contributed by atoms with Crippen molar-refractivity contribution in [2.24, 2.45) is 0 Å². The zero-order valence-electron chi connectivity index (χ0n) is 5.27. The van der Waals surface area contributed by atoms with Crippen LogP contribution in [-0.4, -0.2) is 5.78 Å². The first kappa shape index (κ1) is 7.15. The largest absolute Gasteiger partial charge is 0.295 e. The molecule has 8 heavy (non-hydrogen) atoms. The van der Waals surface area contributed by atoms with Gasteiger partial charge in [-0.05, 0) is 13.8 Å². The van der Waals surface area contributed by atoms with Crippen molar-refractivity contribution in [2.45, 2.75) is 13.8 Å². The Morgan fingerprint density at radius 3 is 2.12 bits per heavy atom. The maximum absolute atomic E-state index is 10.5. The normalized spacial score (nSPS) is 11.0. The van der Waals surface area contributed by atoms with Crippen LogP contribution in [0.5, 0.6) is 0 Å². The molecule has 0 N–H and O–H groups in total. The fraction of sp³-hybridized carbons (Fsp3) is 0.286. The molecule has 0 aromatic rings. The standard InChI is InChI=1S/C7H10O/c1-4-7(5-2)6(3)8/h4-5H,1H2,2-3H3/b7-5-. The van der Waals surface area contributed by atoms with Crippen LogP contribution in [0.25, 0.3) is 0 Å². The lowest BCUT2D eigenvalue weighted by molar-refractivity contribution is -0.113. The molecule has 0 saturated heterocycles. The van der Waals surface area contributed by atoms with Crippen LogP contribution in [0.1, 0.15) is 13.8 Å². The van der Waals surface area contributed by atoms with E-state index in [0.29, 0.717) is 5.57 Å². The lowest BCUT2D eigenvalue weighted by Crippen LogP contribution is -1.90. The highest BCUT2D eigenvalue weighted by Gasteiger charge is 1.92. The molecular formula is C7H10O. The number of rotatable bonds is 2. The molecule has 0 bridgehead atoms. The van der Waals surface area contributed by atoms with E-state index in [1.54, 1.807) is 12.2 Å². The predicted octanol–water partition coefficient (Wildman–Crippen LogP) is 1.71.